The number of carbonyl (C=O) groups excluding carboxylic acids is 1. The third-order valence-electron chi connectivity index (χ3n) is 5.18. The first-order valence-electron chi connectivity index (χ1n) is 11.2. The first-order chi connectivity index (χ1) is 15.4. The molecule has 7 nitrogen and oxygen atoms in total. The summed E-state index contributed by atoms with van der Waals surface area (Å²) in [7, 11) is -3.80. The third-order valence-corrected chi connectivity index (χ3v) is 6.58. The molecule has 1 heterocycles. The molecule has 0 bridgehead atoms. The van der Waals surface area contributed by atoms with Gasteiger partial charge in [-0.3, -0.25) is 9.52 Å². The maximum Gasteiger partial charge on any atom is 0.261 e. The fourth-order valence-electron chi connectivity index (χ4n) is 3.45. The minimum Gasteiger partial charge on any atom is -0.493 e. The van der Waals surface area contributed by atoms with Crippen molar-refractivity contribution in [1.29, 1.82) is 0 Å². The highest BCUT2D eigenvalue weighted by atomic mass is 32.2. The molecule has 1 amide bonds. The van der Waals surface area contributed by atoms with Gasteiger partial charge in [0.15, 0.2) is 0 Å². The van der Waals surface area contributed by atoms with Gasteiger partial charge >= 0.3 is 0 Å². The summed E-state index contributed by atoms with van der Waals surface area (Å²) in [6.45, 7) is 13.2. The third kappa shape index (κ3) is 5.99. The van der Waals surface area contributed by atoms with Crippen molar-refractivity contribution in [2.45, 2.75) is 46.4 Å². The Bertz CT molecular complexity index is 1090. The smallest absolute Gasteiger partial charge is 0.261 e. The van der Waals surface area contributed by atoms with E-state index in [2.05, 4.69) is 4.72 Å². The second-order valence-corrected chi connectivity index (χ2v) is 11.6. The summed E-state index contributed by atoms with van der Waals surface area (Å²) in [6, 6.07) is 11.3. The number of amides is 1. The van der Waals surface area contributed by atoms with Crippen molar-refractivity contribution < 1.29 is 22.7 Å². The van der Waals surface area contributed by atoms with Crippen LogP contribution in [0.4, 0.5) is 11.4 Å². The second-order valence-electron chi connectivity index (χ2n) is 9.95. The summed E-state index contributed by atoms with van der Waals surface area (Å²) >= 11 is 0. The highest BCUT2D eigenvalue weighted by molar-refractivity contribution is 7.92. The van der Waals surface area contributed by atoms with Crippen molar-refractivity contribution in [3.05, 3.63) is 42.5 Å². The van der Waals surface area contributed by atoms with Crippen molar-refractivity contribution in [3.63, 3.8) is 0 Å². The highest BCUT2D eigenvalue weighted by Gasteiger charge is 2.38. The number of benzene rings is 2. The Balaban J connectivity index is 1.84. The topological polar surface area (TPSA) is 84.9 Å². The van der Waals surface area contributed by atoms with Gasteiger partial charge in [0.25, 0.3) is 10.0 Å². The van der Waals surface area contributed by atoms with Gasteiger partial charge in [0.05, 0.1) is 28.3 Å². The SMILES string of the molecule is CC(C)COc1ccc(S(=O)(=O)Nc2ccc3c(c2)OCC(C)(C)C(=O)N3CC(C)C)cc1. The van der Waals surface area contributed by atoms with Gasteiger partial charge in [0.1, 0.15) is 18.1 Å². The van der Waals surface area contributed by atoms with Crippen LogP contribution < -0.4 is 19.1 Å². The molecule has 2 aromatic rings. The van der Waals surface area contributed by atoms with E-state index in [0.717, 1.165) is 0 Å². The molecule has 33 heavy (non-hydrogen) atoms. The molecule has 0 fully saturated rings. The fraction of sp³-hybridized carbons (Fsp3) is 0.480. The molecule has 0 unspecified atom stereocenters. The van der Waals surface area contributed by atoms with E-state index in [4.69, 9.17) is 9.47 Å². The van der Waals surface area contributed by atoms with E-state index in [1.165, 1.54) is 12.1 Å². The molecule has 0 atom stereocenters. The molecule has 0 aromatic heterocycles. The maximum absolute atomic E-state index is 13.1. The lowest BCUT2D eigenvalue weighted by atomic mass is 9.92. The van der Waals surface area contributed by atoms with Crippen LogP contribution in [0.5, 0.6) is 11.5 Å². The molecule has 0 saturated carbocycles. The van der Waals surface area contributed by atoms with Crippen molar-refractivity contribution in [1.82, 2.24) is 0 Å². The van der Waals surface area contributed by atoms with E-state index in [1.54, 1.807) is 35.2 Å². The summed E-state index contributed by atoms with van der Waals surface area (Å²) in [5, 5.41) is 0. The lowest BCUT2D eigenvalue weighted by Gasteiger charge is -2.29. The summed E-state index contributed by atoms with van der Waals surface area (Å²) < 4.78 is 40.0. The number of rotatable bonds is 8. The van der Waals surface area contributed by atoms with E-state index in [1.807, 2.05) is 41.5 Å². The molecule has 2 aromatic carbocycles. The van der Waals surface area contributed by atoms with Gasteiger partial charge in [-0.1, -0.05) is 27.7 Å². The van der Waals surface area contributed by atoms with E-state index in [-0.39, 0.29) is 23.3 Å². The van der Waals surface area contributed by atoms with Crippen LogP contribution in [-0.4, -0.2) is 34.1 Å². The summed E-state index contributed by atoms with van der Waals surface area (Å²) in [5.41, 5.74) is 0.326. The number of anilines is 2. The van der Waals surface area contributed by atoms with Crippen molar-refractivity contribution in [3.8, 4) is 11.5 Å². The minimum absolute atomic E-state index is 0.0111. The average Bonchev–Trinajstić information content (AvgIpc) is 2.82. The van der Waals surface area contributed by atoms with Crippen molar-refractivity contribution in [2.75, 3.05) is 29.4 Å². The van der Waals surface area contributed by atoms with E-state index in [9.17, 15) is 13.2 Å². The van der Waals surface area contributed by atoms with Crippen LogP contribution in [0.3, 0.4) is 0 Å². The Hall–Kier alpha value is -2.74. The molecule has 180 valence electrons. The van der Waals surface area contributed by atoms with Crippen LogP contribution in [0.1, 0.15) is 41.5 Å². The standard InChI is InChI=1S/C25H34N2O5S/c1-17(2)14-27-22-12-7-19(13-23(22)32-16-25(5,6)24(27)28)26-33(29,30)21-10-8-20(9-11-21)31-15-18(3)4/h7-13,17-18,26H,14-16H2,1-6H3. The lowest BCUT2D eigenvalue weighted by molar-refractivity contribution is -0.127. The molecule has 1 N–H and O–H groups in total. The normalized spacial score (nSPS) is 15.8. The quantitative estimate of drug-likeness (QED) is 0.586. The van der Waals surface area contributed by atoms with Gasteiger partial charge < -0.3 is 14.4 Å². The zero-order valence-corrected chi connectivity index (χ0v) is 21.0. The summed E-state index contributed by atoms with van der Waals surface area (Å²) in [6.07, 6.45) is 0. The minimum atomic E-state index is -3.80. The Morgan fingerprint density at radius 3 is 2.33 bits per heavy atom. The number of hydrogen-bond donors (Lipinski definition) is 1. The maximum atomic E-state index is 13.1. The zero-order valence-electron chi connectivity index (χ0n) is 20.2. The van der Waals surface area contributed by atoms with Gasteiger partial charge in [-0.15, -0.1) is 0 Å². The van der Waals surface area contributed by atoms with Gasteiger partial charge in [0, 0.05) is 12.6 Å². The molecule has 0 radical (unpaired) electrons. The molecule has 0 saturated heterocycles. The predicted molar refractivity (Wildman–Crippen MR) is 130 cm³/mol. The molecule has 3 rings (SSSR count). The number of nitrogens with one attached hydrogen (secondary N) is 1. The van der Waals surface area contributed by atoms with Crippen LogP contribution in [0, 0.1) is 17.3 Å². The van der Waals surface area contributed by atoms with Crippen LogP contribution in [0.25, 0.3) is 0 Å². The number of hydrogen-bond acceptors (Lipinski definition) is 5. The molecule has 8 heteroatoms. The Labute approximate surface area is 197 Å². The van der Waals surface area contributed by atoms with Crippen LogP contribution in [0.2, 0.25) is 0 Å². The monoisotopic (exact) mass is 474 g/mol. The average molecular weight is 475 g/mol. The van der Waals surface area contributed by atoms with E-state index >= 15 is 0 Å². The van der Waals surface area contributed by atoms with Crippen molar-refractivity contribution >= 4 is 27.3 Å². The highest BCUT2D eigenvalue weighted by Crippen LogP contribution is 2.39. The lowest BCUT2D eigenvalue weighted by Crippen LogP contribution is -2.43. The van der Waals surface area contributed by atoms with Gasteiger partial charge in [0.2, 0.25) is 5.91 Å². The predicted octanol–water partition coefficient (Wildman–Crippen LogP) is 4.93. The van der Waals surface area contributed by atoms with E-state index in [0.29, 0.717) is 41.9 Å². The summed E-state index contributed by atoms with van der Waals surface area (Å²) in [4.78, 5) is 15.0. The molecule has 0 spiro atoms. The largest absolute Gasteiger partial charge is 0.493 e. The first-order valence-corrected chi connectivity index (χ1v) is 12.7. The van der Waals surface area contributed by atoms with Gasteiger partial charge in [-0.05, 0) is 62.1 Å². The molecule has 0 aliphatic carbocycles. The number of fused-ring (bicyclic) bond motifs is 1. The number of nitrogens with zero attached hydrogens (tertiary/aromatic N) is 1. The van der Waals surface area contributed by atoms with Crippen molar-refractivity contribution in [2.24, 2.45) is 17.3 Å². The first kappa shape index (κ1) is 24.9. The number of sulfonamides is 1. The van der Waals surface area contributed by atoms with Gasteiger partial charge in [-0.25, -0.2) is 8.42 Å². The zero-order chi connectivity index (χ0) is 24.4. The number of ether oxygens (including phenoxy) is 2. The summed E-state index contributed by atoms with van der Waals surface area (Å²) in [5.74, 6) is 1.73. The van der Waals surface area contributed by atoms with E-state index < -0.39 is 15.4 Å². The van der Waals surface area contributed by atoms with Crippen LogP contribution in [-0.2, 0) is 14.8 Å². The molecule has 1 aliphatic rings. The molecule has 1 aliphatic heterocycles. The Morgan fingerprint density at radius 2 is 1.73 bits per heavy atom. The second kappa shape index (κ2) is 9.63. The Morgan fingerprint density at radius 1 is 1.06 bits per heavy atom. The Kier molecular flexibility index (Phi) is 7.26. The van der Waals surface area contributed by atoms with Gasteiger partial charge in [-0.2, -0.15) is 0 Å². The number of carbonyl (C=O) groups is 1. The van der Waals surface area contributed by atoms with Crippen LogP contribution in [0.15, 0.2) is 47.4 Å². The molecular weight excluding hydrogens is 440 g/mol. The fourth-order valence-corrected chi connectivity index (χ4v) is 4.50. The molecular formula is C25H34N2O5S. The van der Waals surface area contributed by atoms with Crippen LogP contribution >= 0.6 is 0 Å².